The molecule has 3 N–H and O–H groups in total. The lowest BCUT2D eigenvalue weighted by molar-refractivity contribution is -0.152. The number of urea groups is 1. The van der Waals surface area contributed by atoms with E-state index in [1.54, 1.807) is 45.5 Å². The van der Waals surface area contributed by atoms with Gasteiger partial charge in [0.2, 0.25) is 11.8 Å². The van der Waals surface area contributed by atoms with Crippen molar-refractivity contribution in [2.24, 2.45) is 0 Å². The van der Waals surface area contributed by atoms with Gasteiger partial charge in [0.25, 0.3) is 0 Å². The predicted molar refractivity (Wildman–Crippen MR) is 137 cm³/mol. The zero-order valence-corrected chi connectivity index (χ0v) is 21.7. The highest BCUT2D eigenvalue weighted by molar-refractivity contribution is 5.89. The lowest BCUT2D eigenvalue weighted by atomic mass is 10.1. The zero-order valence-electron chi connectivity index (χ0n) is 21.7. The van der Waals surface area contributed by atoms with E-state index in [0.29, 0.717) is 11.5 Å². The van der Waals surface area contributed by atoms with Gasteiger partial charge in [-0.05, 0) is 41.8 Å². The highest BCUT2D eigenvalue weighted by Gasteiger charge is 2.37. The maximum Gasteiger partial charge on any atom is 0.333 e. The van der Waals surface area contributed by atoms with Crippen LogP contribution in [0.3, 0.4) is 0 Å². The van der Waals surface area contributed by atoms with E-state index in [0.717, 1.165) is 11.1 Å². The van der Waals surface area contributed by atoms with Gasteiger partial charge in [-0.3, -0.25) is 14.4 Å². The fraction of sp³-hybridized carbons (Fsp3) is 0.385. The second-order valence-corrected chi connectivity index (χ2v) is 8.77. The standard InChI is InChI=1S/C26H33N5O7/c1-29(16-19-6-10-21(38-3)11-7-19)25(35)22(12-13-24(33)34)30-17-31(28-15-23(30)32)26(36)27-14-18-4-8-20(37-2)9-5-18/h4-11,22,28H,12-17H2,1-3H3,(H,27,36)(H,33,34). The average Bonchev–Trinajstić information content (AvgIpc) is 2.93. The summed E-state index contributed by atoms with van der Waals surface area (Å²) in [6.45, 7) is 0.0500. The molecule has 0 aliphatic carbocycles. The molecule has 1 aliphatic rings. The molecule has 1 fully saturated rings. The van der Waals surface area contributed by atoms with Crippen molar-refractivity contribution >= 4 is 23.8 Å². The molecule has 1 atom stereocenters. The van der Waals surface area contributed by atoms with Crippen LogP contribution >= 0.6 is 0 Å². The molecule has 38 heavy (non-hydrogen) atoms. The van der Waals surface area contributed by atoms with Crippen molar-refractivity contribution in [1.82, 2.24) is 25.6 Å². The summed E-state index contributed by atoms with van der Waals surface area (Å²) in [6, 6.07) is 12.8. The first-order valence-electron chi connectivity index (χ1n) is 12.0. The van der Waals surface area contributed by atoms with Gasteiger partial charge < -0.3 is 29.7 Å². The van der Waals surface area contributed by atoms with Gasteiger partial charge in [-0.1, -0.05) is 24.3 Å². The number of hydrogen-bond acceptors (Lipinski definition) is 7. The minimum atomic E-state index is -1.09. The van der Waals surface area contributed by atoms with Gasteiger partial charge in [0.15, 0.2) is 0 Å². The van der Waals surface area contributed by atoms with Crippen molar-refractivity contribution < 1.29 is 33.8 Å². The Morgan fingerprint density at radius 1 is 1.03 bits per heavy atom. The first kappa shape index (κ1) is 28.3. The van der Waals surface area contributed by atoms with Crippen molar-refractivity contribution in [2.75, 3.05) is 34.5 Å². The second kappa shape index (κ2) is 13.3. The molecule has 0 spiro atoms. The van der Waals surface area contributed by atoms with E-state index in [9.17, 15) is 24.3 Å². The van der Waals surface area contributed by atoms with Crippen molar-refractivity contribution in [3.05, 3.63) is 59.7 Å². The maximum atomic E-state index is 13.4. The molecule has 2 aromatic carbocycles. The van der Waals surface area contributed by atoms with E-state index >= 15 is 0 Å². The molecule has 1 aliphatic heterocycles. The van der Waals surface area contributed by atoms with Crippen molar-refractivity contribution in [1.29, 1.82) is 0 Å². The van der Waals surface area contributed by atoms with Crippen molar-refractivity contribution in [3.8, 4) is 11.5 Å². The van der Waals surface area contributed by atoms with E-state index in [2.05, 4.69) is 10.7 Å². The predicted octanol–water partition coefficient (Wildman–Crippen LogP) is 1.41. The van der Waals surface area contributed by atoms with Crippen LogP contribution in [-0.4, -0.2) is 84.3 Å². The van der Waals surface area contributed by atoms with E-state index in [1.807, 2.05) is 24.3 Å². The molecule has 1 heterocycles. The normalized spacial score (nSPS) is 14.0. The number of nitrogens with zero attached hydrogens (tertiary/aromatic N) is 3. The number of methoxy groups -OCH3 is 2. The summed E-state index contributed by atoms with van der Waals surface area (Å²) in [5.41, 5.74) is 4.43. The molecule has 1 unspecified atom stereocenters. The fourth-order valence-electron chi connectivity index (χ4n) is 3.98. The Morgan fingerprint density at radius 2 is 1.61 bits per heavy atom. The van der Waals surface area contributed by atoms with Gasteiger partial charge in [-0.15, -0.1) is 0 Å². The van der Waals surface area contributed by atoms with E-state index in [4.69, 9.17) is 9.47 Å². The highest BCUT2D eigenvalue weighted by atomic mass is 16.5. The number of aliphatic carboxylic acids is 1. The lowest BCUT2D eigenvalue weighted by Gasteiger charge is -2.40. The molecule has 204 valence electrons. The summed E-state index contributed by atoms with van der Waals surface area (Å²) in [4.78, 5) is 53.1. The van der Waals surface area contributed by atoms with Crippen LogP contribution < -0.4 is 20.2 Å². The maximum absolute atomic E-state index is 13.4. The van der Waals surface area contributed by atoms with Crippen LogP contribution in [0.4, 0.5) is 4.79 Å². The Bertz CT molecular complexity index is 1120. The van der Waals surface area contributed by atoms with Crippen LogP contribution in [0.15, 0.2) is 48.5 Å². The summed E-state index contributed by atoms with van der Waals surface area (Å²) in [6.07, 6.45) is -0.401. The molecule has 12 heteroatoms. The minimum Gasteiger partial charge on any atom is -0.497 e. The Labute approximate surface area is 221 Å². The molecule has 0 aromatic heterocycles. The Hall–Kier alpha value is -4.32. The smallest absolute Gasteiger partial charge is 0.333 e. The molecule has 0 bridgehead atoms. The number of carboxylic acids is 1. The first-order valence-corrected chi connectivity index (χ1v) is 12.0. The van der Waals surface area contributed by atoms with Crippen LogP contribution in [0.5, 0.6) is 11.5 Å². The number of hydrogen-bond donors (Lipinski definition) is 3. The van der Waals surface area contributed by atoms with Crippen LogP contribution in [0.2, 0.25) is 0 Å². The van der Waals surface area contributed by atoms with Crippen LogP contribution in [0.25, 0.3) is 0 Å². The lowest BCUT2D eigenvalue weighted by Crippen LogP contribution is -2.65. The number of benzene rings is 2. The molecule has 12 nitrogen and oxygen atoms in total. The minimum absolute atomic E-state index is 0.0891. The summed E-state index contributed by atoms with van der Waals surface area (Å²) in [5, 5.41) is 13.2. The number of hydrazine groups is 1. The quantitative estimate of drug-likeness (QED) is 0.399. The number of rotatable bonds is 11. The van der Waals surface area contributed by atoms with Gasteiger partial charge in [0.05, 0.1) is 20.8 Å². The molecule has 0 radical (unpaired) electrons. The number of carbonyl (C=O) groups is 4. The summed E-state index contributed by atoms with van der Waals surface area (Å²) in [5.74, 6) is -0.543. The van der Waals surface area contributed by atoms with Crippen LogP contribution in [0.1, 0.15) is 24.0 Å². The molecule has 3 rings (SSSR count). The second-order valence-electron chi connectivity index (χ2n) is 8.77. The third-order valence-electron chi connectivity index (χ3n) is 6.13. The van der Waals surface area contributed by atoms with E-state index in [1.165, 1.54) is 14.8 Å². The molecule has 2 aromatic rings. The van der Waals surface area contributed by atoms with E-state index in [-0.39, 0.29) is 39.1 Å². The van der Waals surface area contributed by atoms with E-state index < -0.39 is 29.9 Å². The van der Waals surface area contributed by atoms with Gasteiger partial charge >= 0.3 is 12.0 Å². The van der Waals surface area contributed by atoms with Gasteiger partial charge in [-0.25, -0.2) is 15.2 Å². The third kappa shape index (κ3) is 7.59. The molecule has 4 amide bonds. The van der Waals surface area contributed by atoms with Gasteiger partial charge in [-0.2, -0.15) is 0 Å². The molecular weight excluding hydrogens is 494 g/mol. The van der Waals surface area contributed by atoms with Crippen LogP contribution in [-0.2, 0) is 27.5 Å². The topological polar surface area (TPSA) is 141 Å². The van der Waals surface area contributed by atoms with Crippen molar-refractivity contribution in [3.63, 3.8) is 0 Å². The van der Waals surface area contributed by atoms with Gasteiger partial charge in [0, 0.05) is 26.6 Å². The number of carboxylic acid groups (broad SMARTS) is 1. The SMILES string of the molecule is COc1ccc(CNC(=O)N2CN(C(CCC(=O)O)C(=O)N(C)Cc3ccc(OC)cc3)C(=O)CN2)cc1. The van der Waals surface area contributed by atoms with Crippen molar-refractivity contribution in [2.45, 2.75) is 32.0 Å². The molecule has 1 saturated heterocycles. The molecule has 0 saturated carbocycles. The first-order chi connectivity index (χ1) is 18.2. The fourth-order valence-corrected chi connectivity index (χ4v) is 3.98. The largest absolute Gasteiger partial charge is 0.497 e. The number of nitrogens with one attached hydrogen (secondary N) is 2. The summed E-state index contributed by atoms with van der Waals surface area (Å²) in [7, 11) is 4.72. The number of likely N-dealkylation sites (N-methyl/N-ethyl adjacent to an activating group) is 1. The summed E-state index contributed by atoms with van der Waals surface area (Å²) < 4.78 is 10.3. The Morgan fingerprint density at radius 3 is 2.16 bits per heavy atom. The molecular formula is C26H33N5O7. The zero-order chi connectivity index (χ0) is 27.7. The third-order valence-corrected chi connectivity index (χ3v) is 6.13. The number of ether oxygens (including phenoxy) is 2. The Balaban J connectivity index is 1.68. The number of amides is 4. The summed E-state index contributed by atoms with van der Waals surface area (Å²) >= 11 is 0. The Kier molecular flexibility index (Phi) is 9.88. The van der Waals surface area contributed by atoms with Crippen LogP contribution in [0, 0.1) is 0 Å². The average molecular weight is 528 g/mol. The monoisotopic (exact) mass is 527 g/mol. The highest BCUT2D eigenvalue weighted by Crippen LogP contribution is 2.18. The van der Waals surface area contributed by atoms with Gasteiger partial charge in [0.1, 0.15) is 24.2 Å². The number of carbonyl (C=O) groups excluding carboxylic acids is 3.